The molecule has 0 radical (unpaired) electrons. The van der Waals surface area contributed by atoms with Crippen molar-refractivity contribution in [2.45, 2.75) is 45.3 Å². The van der Waals surface area contributed by atoms with Crippen LogP contribution < -0.4 is 10.1 Å². The highest BCUT2D eigenvalue weighted by Crippen LogP contribution is 2.19. The van der Waals surface area contributed by atoms with Crippen LogP contribution in [-0.2, 0) is 22.6 Å². The third-order valence-electron chi connectivity index (χ3n) is 5.70. The van der Waals surface area contributed by atoms with Gasteiger partial charge in [0, 0.05) is 24.0 Å². The lowest BCUT2D eigenvalue weighted by molar-refractivity contribution is -0.143. The zero-order valence-corrected chi connectivity index (χ0v) is 20.7. The van der Waals surface area contributed by atoms with Crippen LogP contribution in [0, 0.1) is 5.82 Å². The Morgan fingerprint density at radius 2 is 1.69 bits per heavy atom. The average Bonchev–Trinajstić information content (AvgIpc) is 2.86. The van der Waals surface area contributed by atoms with Crippen LogP contribution in [0.4, 0.5) is 4.39 Å². The van der Waals surface area contributed by atoms with Gasteiger partial charge in [0.1, 0.15) is 6.04 Å². The van der Waals surface area contributed by atoms with Crippen LogP contribution in [0.1, 0.15) is 31.4 Å². The lowest BCUT2D eigenvalue weighted by atomic mass is 10.0. The lowest BCUT2D eigenvalue weighted by Crippen LogP contribution is -2.53. The minimum Gasteiger partial charge on any atom is -0.481 e. The molecule has 0 saturated carbocycles. The summed E-state index contributed by atoms with van der Waals surface area (Å²) in [5.41, 5.74) is 1.68. The highest BCUT2D eigenvalue weighted by Gasteiger charge is 2.31. The van der Waals surface area contributed by atoms with E-state index in [0.717, 1.165) is 17.5 Å². The molecule has 0 aromatic heterocycles. The maximum atomic E-state index is 14.1. The summed E-state index contributed by atoms with van der Waals surface area (Å²) in [5, 5.41) is 3.53. The van der Waals surface area contributed by atoms with Crippen molar-refractivity contribution in [2.24, 2.45) is 0 Å². The Bertz CT molecular complexity index is 1130. The van der Waals surface area contributed by atoms with Crippen LogP contribution in [0.2, 0.25) is 5.02 Å². The number of nitrogens with one attached hydrogen (secondary N) is 1. The highest BCUT2D eigenvalue weighted by molar-refractivity contribution is 6.30. The Hall–Kier alpha value is -3.38. The van der Waals surface area contributed by atoms with Crippen molar-refractivity contribution in [3.63, 3.8) is 0 Å². The molecule has 0 aliphatic rings. The van der Waals surface area contributed by atoms with Crippen LogP contribution in [0.25, 0.3) is 0 Å². The molecular formula is C28H30ClFN2O3. The van der Waals surface area contributed by atoms with Crippen molar-refractivity contribution in [1.29, 1.82) is 0 Å². The van der Waals surface area contributed by atoms with Gasteiger partial charge < -0.3 is 15.0 Å². The number of rotatable bonds is 11. The fourth-order valence-electron chi connectivity index (χ4n) is 3.61. The molecule has 0 fully saturated rings. The van der Waals surface area contributed by atoms with Crippen molar-refractivity contribution in [3.05, 3.63) is 101 Å². The molecule has 5 nitrogen and oxygen atoms in total. The minimum atomic E-state index is -0.804. The van der Waals surface area contributed by atoms with E-state index in [9.17, 15) is 14.0 Å². The van der Waals surface area contributed by atoms with E-state index < -0.39 is 24.4 Å². The largest absolute Gasteiger partial charge is 0.481 e. The maximum absolute atomic E-state index is 14.1. The third kappa shape index (κ3) is 7.82. The Morgan fingerprint density at radius 3 is 2.37 bits per heavy atom. The van der Waals surface area contributed by atoms with Crippen LogP contribution in [-0.4, -0.2) is 35.4 Å². The second kappa shape index (κ2) is 12.9. The molecule has 184 valence electrons. The molecule has 0 saturated heterocycles. The van der Waals surface area contributed by atoms with Crippen LogP contribution in [0.15, 0.2) is 78.9 Å². The molecule has 2 amide bonds. The van der Waals surface area contributed by atoms with Gasteiger partial charge in [0.15, 0.2) is 18.2 Å². The number of benzene rings is 3. The van der Waals surface area contributed by atoms with E-state index in [0.29, 0.717) is 11.4 Å². The predicted octanol–water partition coefficient (Wildman–Crippen LogP) is 5.41. The van der Waals surface area contributed by atoms with E-state index in [4.69, 9.17) is 16.3 Å². The fraction of sp³-hybridized carbons (Fsp3) is 0.286. The summed E-state index contributed by atoms with van der Waals surface area (Å²) < 4.78 is 19.6. The van der Waals surface area contributed by atoms with Crippen molar-refractivity contribution < 1.29 is 18.7 Å². The van der Waals surface area contributed by atoms with Crippen LogP contribution in [0.3, 0.4) is 0 Å². The zero-order chi connectivity index (χ0) is 25.2. The van der Waals surface area contributed by atoms with E-state index in [1.165, 1.54) is 17.0 Å². The molecule has 0 bridgehead atoms. The Balaban J connectivity index is 1.92. The first-order chi connectivity index (χ1) is 16.9. The Labute approximate surface area is 210 Å². The van der Waals surface area contributed by atoms with Crippen molar-refractivity contribution in [3.8, 4) is 5.75 Å². The van der Waals surface area contributed by atoms with Gasteiger partial charge in [-0.05, 0) is 48.7 Å². The quantitative estimate of drug-likeness (QED) is 0.386. The molecule has 3 aromatic rings. The molecule has 7 heteroatoms. The molecule has 0 spiro atoms. The van der Waals surface area contributed by atoms with Gasteiger partial charge in [0.25, 0.3) is 5.91 Å². The number of nitrogens with zero attached hydrogens (tertiary/aromatic N) is 1. The fourth-order valence-corrected chi connectivity index (χ4v) is 3.82. The predicted molar refractivity (Wildman–Crippen MR) is 136 cm³/mol. The summed E-state index contributed by atoms with van der Waals surface area (Å²) in [6.07, 6.45) is 1.07. The zero-order valence-electron chi connectivity index (χ0n) is 19.9. The molecular weight excluding hydrogens is 467 g/mol. The summed E-state index contributed by atoms with van der Waals surface area (Å²) in [4.78, 5) is 28.4. The smallest absolute Gasteiger partial charge is 0.261 e. The molecule has 1 N–H and O–H groups in total. The lowest BCUT2D eigenvalue weighted by Gasteiger charge is -2.32. The van der Waals surface area contributed by atoms with Gasteiger partial charge in [-0.2, -0.15) is 0 Å². The van der Waals surface area contributed by atoms with Crippen LogP contribution >= 0.6 is 11.6 Å². The monoisotopic (exact) mass is 496 g/mol. The van der Waals surface area contributed by atoms with E-state index in [1.807, 2.05) is 50.2 Å². The van der Waals surface area contributed by atoms with Gasteiger partial charge in [-0.15, -0.1) is 0 Å². The molecule has 0 unspecified atom stereocenters. The number of halogens is 2. The topological polar surface area (TPSA) is 58.6 Å². The molecule has 3 rings (SSSR count). The van der Waals surface area contributed by atoms with Crippen LogP contribution in [0.5, 0.6) is 5.75 Å². The van der Waals surface area contributed by atoms with Gasteiger partial charge in [0.2, 0.25) is 5.91 Å². The van der Waals surface area contributed by atoms with Gasteiger partial charge >= 0.3 is 0 Å². The second-order valence-corrected chi connectivity index (χ2v) is 8.83. The van der Waals surface area contributed by atoms with Gasteiger partial charge in [-0.25, -0.2) is 4.39 Å². The third-order valence-corrected chi connectivity index (χ3v) is 5.94. The van der Waals surface area contributed by atoms with Gasteiger partial charge in [-0.3, -0.25) is 9.59 Å². The Morgan fingerprint density at radius 1 is 1.00 bits per heavy atom. The van der Waals surface area contributed by atoms with E-state index in [2.05, 4.69) is 5.32 Å². The average molecular weight is 497 g/mol. The summed E-state index contributed by atoms with van der Waals surface area (Å²) in [6.45, 7) is 3.63. The van der Waals surface area contributed by atoms with Crippen molar-refractivity contribution in [2.75, 3.05) is 6.61 Å². The van der Waals surface area contributed by atoms with Crippen molar-refractivity contribution >= 4 is 23.4 Å². The molecule has 2 atom stereocenters. The summed E-state index contributed by atoms with van der Waals surface area (Å²) >= 11 is 6.18. The number of carbonyl (C=O) groups excluding carboxylic acids is 2. The number of amides is 2. The summed E-state index contributed by atoms with van der Waals surface area (Å²) in [6, 6.07) is 21.7. The molecule has 0 aliphatic carbocycles. The minimum absolute atomic E-state index is 0.0211. The van der Waals surface area contributed by atoms with E-state index in [1.54, 1.807) is 30.3 Å². The first-order valence-corrected chi connectivity index (χ1v) is 12.0. The molecule has 0 heterocycles. The first kappa shape index (κ1) is 26.2. The summed E-state index contributed by atoms with van der Waals surface area (Å²) in [7, 11) is 0. The number of hydrogen-bond donors (Lipinski definition) is 1. The molecule has 3 aromatic carbocycles. The number of ether oxygens (including phenoxy) is 1. The Kier molecular flexibility index (Phi) is 9.67. The van der Waals surface area contributed by atoms with E-state index >= 15 is 0 Å². The number of hydrogen-bond acceptors (Lipinski definition) is 3. The molecule has 35 heavy (non-hydrogen) atoms. The highest BCUT2D eigenvalue weighted by atomic mass is 35.5. The van der Waals surface area contributed by atoms with Crippen molar-refractivity contribution in [1.82, 2.24) is 10.2 Å². The van der Waals surface area contributed by atoms with Gasteiger partial charge in [-0.1, -0.05) is 73.1 Å². The SMILES string of the molecule is CC[C@H](C)NC(=O)[C@@H](Cc1ccccc1)N(Cc1cccc(Cl)c1)C(=O)COc1ccccc1F. The van der Waals surface area contributed by atoms with E-state index in [-0.39, 0.29) is 24.2 Å². The summed E-state index contributed by atoms with van der Waals surface area (Å²) in [5.74, 6) is -1.28. The first-order valence-electron chi connectivity index (χ1n) is 11.6. The van der Waals surface area contributed by atoms with Gasteiger partial charge in [0.05, 0.1) is 0 Å². The number of para-hydroxylation sites is 1. The normalized spacial score (nSPS) is 12.5. The standard InChI is InChI=1S/C28H30ClFN2O3/c1-3-20(2)31-28(34)25(17-21-10-5-4-6-11-21)32(18-22-12-9-13-23(29)16-22)27(33)19-35-26-15-8-7-14-24(26)30/h4-16,20,25H,3,17-19H2,1-2H3,(H,31,34)/t20-,25+/m0/s1. The molecule has 0 aliphatic heterocycles. The number of carbonyl (C=O) groups is 2. The maximum Gasteiger partial charge on any atom is 0.261 e. The second-order valence-electron chi connectivity index (χ2n) is 8.39.